The quantitative estimate of drug-likeness (QED) is 0.208. The highest BCUT2D eigenvalue weighted by atomic mass is 35.5. The molecule has 8 nitrogen and oxygen atoms in total. The molecule has 9 heteroatoms. The third kappa shape index (κ3) is 5.16. The summed E-state index contributed by atoms with van der Waals surface area (Å²) in [4.78, 5) is 12.4. The Kier molecular flexibility index (Phi) is 7.19. The van der Waals surface area contributed by atoms with Crippen molar-refractivity contribution in [3.05, 3.63) is 112 Å². The number of ether oxygens (including phenoxy) is 1. The number of aliphatic hydroxyl groups is 1. The number of aromatic nitrogens is 4. The van der Waals surface area contributed by atoms with Crippen molar-refractivity contribution < 1.29 is 19.2 Å². The fourth-order valence-electron chi connectivity index (χ4n) is 5.17. The van der Waals surface area contributed by atoms with Gasteiger partial charge in [0.25, 0.3) is 0 Å². The normalized spacial score (nSPS) is 14.5. The van der Waals surface area contributed by atoms with Gasteiger partial charge in [-0.3, -0.25) is 4.79 Å². The van der Waals surface area contributed by atoms with Gasteiger partial charge in [-0.1, -0.05) is 88.7 Å². The first-order valence-electron chi connectivity index (χ1n) is 13.6. The first kappa shape index (κ1) is 26.9. The lowest BCUT2D eigenvalue weighted by Gasteiger charge is -2.14. The first-order valence-corrected chi connectivity index (χ1v) is 13.9. The minimum Gasteiger partial charge on any atom is -0.465 e. The van der Waals surface area contributed by atoms with Crippen LogP contribution in [0.2, 0.25) is 5.02 Å². The monoisotopic (exact) mass is 568 g/mol. The highest BCUT2D eigenvalue weighted by molar-refractivity contribution is 6.31. The molecule has 1 aliphatic carbocycles. The first-order chi connectivity index (χ1) is 19.9. The lowest BCUT2D eigenvalue weighted by Crippen LogP contribution is -2.23. The minimum atomic E-state index is -1.07. The number of aryl methyl sites for hydroxylation is 1. The van der Waals surface area contributed by atoms with Gasteiger partial charge in [0.05, 0.1) is 36.0 Å². The lowest BCUT2D eigenvalue weighted by atomic mass is 9.93. The fraction of sp³-hybridized carbons (Fsp3) is 0.250. The zero-order chi connectivity index (χ0) is 28.6. The molecule has 2 aromatic heterocycles. The van der Waals surface area contributed by atoms with Gasteiger partial charge >= 0.3 is 5.97 Å². The molecule has 3 aromatic carbocycles. The van der Waals surface area contributed by atoms with Gasteiger partial charge in [-0.25, -0.2) is 4.68 Å². The average Bonchev–Trinajstić information content (AvgIpc) is 3.52. The molecule has 1 atom stereocenters. The number of aliphatic hydroxyl groups excluding tert-OH is 1. The zero-order valence-corrected chi connectivity index (χ0v) is 23.5. The van der Waals surface area contributed by atoms with Crippen LogP contribution >= 0.6 is 11.6 Å². The van der Waals surface area contributed by atoms with E-state index >= 15 is 0 Å². The number of benzene rings is 3. The van der Waals surface area contributed by atoms with Gasteiger partial charge in [0.1, 0.15) is 11.8 Å². The molecule has 0 aliphatic heterocycles. The molecule has 0 amide bonds. The van der Waals surface area contributed by atoms with E-state index in [1.165, 1.54) is 0 Å². The number of hydrogen-bond donors (Lipinski definition) is 1. The Morgan fingerprint density at radius 3 is 2.37 bits per heavy atom. The van der Waals surface area contributed by atoms with E-state index in [0.29, 0.717) is 40.9 Å². The lowest BCUT2D eigenvalue weighted by molar-refractivity contribution is -0.146. The van der Waals surface area contributed by atoms with Crippen LogP contribution in [0.25, 0.3) is 22.5 Å². The summed E-state index contributed by atoms with van der Waals surface area (Å²) < 4.78 is 12.6. The second-order valence-corrected chi connectivity index (χ2v) is 10.7. The van der Waals surface area contributed by atoms with Crippen LogP contribution in [0.4, 0.5) is 0 Å². The number of rotatable bonds is 9. The molecule has 41 heavy (non-hydrogen) atoms. The molecule has 5 aromatic rings. The van der Waals surface area contributed by atoms with E-state index in [-0.39, 0.29) is 5.97 Å². The summed E-state index contributed by atoms with van der Waals surface area (Å²) in [5.74, 6) is 0.336. The summed E-state index contributed by atoms with van der Waals surface area (Å²) in [6.45, 7) is 4.44. The summed E-state index contributed by atoms with van der Waals surface area (Å²) in [5, 5.41) is 24.4. The van der Waals surface area contributed by atoms with Crippen LogP contribution in [0.1, 0.15) is 53.9 Å². The maximum absolute atomic E-state index is 12.4. The van der Waals surface area contributed by atoms with E-state index in [2.05, 4.69) is 15.5 Å². The van der Waals surface area contributed by atoms with Gasteiger partial charge in [-0.2, -0.15) is 0 Å². The summed E-state index contributed by atoms with van der Waals surface area (Å²) >= 11 is 6.29. The molecule has 0 bridgehead atoms. The Morgan fingerprint density at radius 2 is 1.71 bits per heavy atom. The number of hydrogen-bond acceptors (Lipinski definition) is 7. The van der Waals surface area contributed by atoms with Gasteiger partial charge in [0.15, 0.2) is 5.76 Å². The molecule has 0 spiro atoms. The number of carbonyl (C=O) groups excluding carboxylic acids is 1. The van der Waals surface area contributed by atoms with Crippen molar-refractivity contribution in [2.24, 2.45) is 0 Å². The van der Waals surface area contributed by atoms with E-state index < -0.39 is 11.5 Å². The van der Waals surface area contributed by atoms with Gasteiger partial charge in [-0.05, 0) is 55.0 Å². The number of carbonyl (C=O) groups is 1. The molecular weight excluding hydrogens is 540 g/mol. The Labute approximate surface area is 242 Å². The smallest absolute Gasteiger partial charge is 0.316 e. The SMILES string of the molecule is CCOC(=O)C1(c2ccc(-c3ccc(-c4onc(C)c4[C@@H](O)c4cn(Cc5ccccc5Cl)nn4)cc3)cc2)CC1. The molecule has 2 heterocycles. The van der Waals surface area contributed by atoms with Crippen LogP contribution in [0.5, 0.6) is 0 Å². The summed E-state index contributed by atoms with van der Waals surface area (Å²) in [6.07, 6.45) is 2.27. The van der Waals surface area contributed by atoms with Crippen molar-refractivity contribution in [1.82, 2.24) is 20.2 Å². The predicted octanol–water partition coefficient (Wildman–Crippen LogP) is 6.29. The van der Waals surface area contributed by atoms with Crippen LogP contribution in [-0.2, 0) is 21.5 Å². The van der Waals surface area contributed by atoms with Crippen LogP contribution < -0.4 is 0 Å². The Hall–Kier alpha value is -4.27. The predicted molar refractivity (Wildman–Crippen MR) is 154 cm³/mol. The zero-order valence-electron chi connectivity index (χ0n) is 22.8. The maximum Gasteiger partial charge on any atom is 0.316 e. The third-order valence-corrected chi connectivity index (χ3v) is 8.01. The van der Waals surface area contributed by atoms with Crippen molar-refractivity contribution in [2.75, 3.05) is 6.61 Å². The number of halogens is 1. The molecule has 0 saturated heterocycles. The van der Waals surface area contributed by atoms with Gasteiger partial charge < -0.3 is 14.4 Å². The standard InChI is InChI=1S/C32H29ClN4O4/c1-3-40-31(39)32(16-17-32)25-14-12-22(13-15-25)21-8-10-23(11-9-21)30-28(20(2)35-41-30)29(38)27-19-37(36-34-27)18-24-6-4-5-7-26(24)33/h4-15,19,29,38H,3,16-18H2,1-2H3/t29-/m0/s1. The van der Waals surface area contributed by atoms with Crippen molar-refractivity contribution in [2.45, 2.75) is 44.8 Å². The Bertz CT molecular complexity index is 1690. The van der Waals surface area contributed by atoms with E-state index in [9.17, 15) is 9.90 Å². The molecule has 208 valence electrons. The molecule has 1 aliphatic rings. The highest BCUT2D eigenvalue weighted by Crippen LogP contribution is 2.49. The molecule has 1 N–H and O–H groups in total. The van der Waals surface area contributed by atoms with E-state index in [1.807, 2.05) is 79.7 Å². The van der Waals surface area contributed by atoms with Gasteiger partial charge in [-0.15, -0.1) is 5.10 Å². The average molecular weight is 569 g/mol. The summed E-state index contributed by atoms with van der Waals surface area (Å²) in [7, 11) is 0. The summed E-state index contributed by atoms with van der Waals surface area (Å²) in [6, 6.07) is 23.5. The third-order valence-electron chi connectivity index (χ3n) is 7.64. The molecule has 1 saturated carbocycles. The van der Waals surface area contributed by atoms with E-state index in [1.54, 1.807) is 17.8 Å². The van der Waals surface area contributed by atoms with Gasteiger partial charge in [0, 0.05) is 10.6 Å². The molecular formula is C32H29ClN4O4. The molecule has 1 fully saturated rings. The number of nitrogens with zero attached hydrogens (tertiary/aromatic N) is 4. The van der Waals surface area contributed by atoms with Crippen LogP contribution in [0.15, 0.2) is 83.5 Å². The molecule has 6 rings (SSSR count). The van der Waals surface area contributed by atoms with Crippen LogP contribution in [0, 0.1) is 6.92 Å². The number of esters is 1. The maximum atomic E-state index is 12.4. The Balaban J connectivity index is 1.20. The van der Waals surface area contributed by atoms with E-state index in [0.717, 1.165) is 40.7 Å². The fourth-order valence-corrected chi connectivity index (χ4v) is 5.37. The van der Waals surface area contributed by atoms with E-state index in [4.69, 9.17) is 20.9 Å². The second kappa shape index (κ2) is 11.0. The van der Waals surface area contributed by atoms with Crippen LogP contribution in [-0.4, -0.2) is 37.8 Å². The highest BCUT2D eigenvalue weighted by Gasteiger charge is 2.52. The minimum absolute atomic E-state index is 0.138. The van der Waals surface area contributed by atoms with Crippen LogP contribution in [0.3, 0.4) is 0 Å². The van der Waals surface area contributed by atoms with Gasteiger partial charge in [0.2, 0.25) is 0 Å². The topological polar surface area (TPSA) is 103 Å². The van der Waals surface area contributed by atoms with Crippen molar-refractivity contribution in [3.8, 4) is 22.5 Å². The van der Waals surface area contributed by atoms with Crippen molar-refractivity contribution in [1.29, 1.82) is 0 Å². The largest absolute Gasteiger partial charge is 0.465 e. The summed E-state index contributed by atoms with van der Waals surface area (Å²) in [5.41, 5.74) is 5.74. The molecule has 0 radical (unpaired) electrons. The van der Waals surface area contributed by atoms with Crippen molar-refractivity contribution in [3.63, 3.8) is 0 Å². The van der Waals surface area contributed by atoms with Crippen molar-refractivity contribution >= 4 is 17.6 Å². The second-order valence-electron chi connectivity index (χ2n) is 10.3. The Morgan fingerprint density at radius 1 is 1.05 bits per heavy atom. The molecule has 0 unspecified atom stereocenters.